The number of rotatable bonds is 14. The molecule has 0 unspecified atom stereocenters. The van der Waals surface area contributed by atoms with Crippen LogP contribution in [0.4, 0.5) is 4.79 Å². The lowest BCUT2D eigenvalue weighted by molar-refractivity contribution is -0.144. The molecule has 0 aromatic heterocycles. The highest BCUT2D eigenvalue weighted by Gasteiger charge is 2.38. The molecule has 246 valence electrons. The first-order valence-electron chi connectivity index (χ1n) is 14.9. The molecule has 0 saturated carbocycles. The van der Waals surface area contributed by atoms with Crippen LogP contribution in [0.5, 0.6) is 0 Å². The standard InChI is InChI=1S/C29H47N7O7S/c1-5-6-10-21(24(37)34-28(40)41)33-25(38)23-12-7-8-18-36(23)26(39)22(11-9-17-32-27(30)31)35-44(42,43)20-15-13-19(14-16-20)29(2,3)4/h13-16,21-23,35H,5-12,17-18H2,1-4H3,(H,33,38)(H,34,37)(H,40,41)(H4,30,31,32)/t21-,22-,23+/m0/s1. The second-order valence-electron chi connectivity index (χ2n) is 11.9. The topological polar surface area (TPSA) is 226 Å². The normalized spacial score (nSPS) is 16.8. The summed E-state index contributed by atoms with van der Waals surface area (Å²) in [5.74, 6) is -2.20. The summed E-state index contributed by atoms with van der Waals surface area (Å²) in [4.78, 5) is 56.1. The van der Waals surface area contributed by atoms with Crippen molar-refractivity contribution in [3.8, 4) is 0 Å². The molecular weight excluding hydrogens is 590 g/mol. The number of guanidine groups is 1. The van der Waals surface area contributed by atoms with E-state index >= 15 is 0 Å². The van der Waals surface area contributed by atoms with E-state index < -0.39 is 52.0 Å². The van der Waals surface area contributed by atoms with E-state index in [2.05, 4.69) is 15.0 Å². The number of imide groups is 1. The van der Waals surface area contributed by atoms with Crippen molar-refractivity contribution >= 4 is 39.8 Å². The second kappa shape index (κ2) is 16.4. The molecule has 3 atom stereocenters. The first-order chi connectivity index (χ1) is 20.6. The summed E-state index contributed by atoms with van der Waals surface area (Å²) in [6.07, 6.45) is 1.79. The Morgan fingerprint density at radius 1 is 1.05 bits per heavy atom. The van der Waals surface area contributed by atoms with Crippen LogP contribution < -0.4 is 26.8 Å². The number of benzene rings is 1. The molecule has 15 heteroatoms. The second-order valence-corrected chi connectivity index (χ2v) is 13.7. The number of nitrogens with two attached hydrogens (primary N) is 2. The van der Waals surface area contributed by atoms with E-state index in [0.29, 0.717) is 32.1 Å². The average Bonchev–Trinajstić information content (AvgIpc) is 2.95. The van der Waals surface area contributed by atoms with Gasteiger partial charge in [0.2, 0.25) is 21.8 Å². The maximum Gasteiger partial charge on any atom is 0.411 e. The van der Waals surface area contributed by atoms with Gasteiger partial charge >= 0.3 is 6.09 Å². The van der Waals surface area contributed by atoms with Crippen molar-refractivity contribution in [2.24, 2.45) is 16.5 Å². The predicted molar refractivity (Wildman–Crippen MR) is 166 cm³/mol. The Kier molecular flexibility index (Phi) is 13.6. The molecule has 1 saturated heterocycles. The predicted octanol–water partition coefficient (Wildman–Crippen LogP) is 1.53. The van der Waals surface area contributed by atoms with Crippen LogP contribution in [0.25, 0.3) is 0 Å². The fourth-order valence-electron chi connectivity index (χ4n) is 4.93. The number of unbranched alkanes of at least 4 members (excludes halogenated alkanes) is 1. The Hall–Kier alpha value is -3.72. The molecule has 0 bridgehead atoms. The number of amides is 4. The average molecular weight is 638 g/mol. The van der Waals surface area contributed by atoms with Gasteiger partial charge in [0.05, 0.1) is 4.90 Å². The molecule has 0 spiro atoms. The lowest BCUT2D eigenvalue weighted by Crippen LogP contribution is -2.59. The monoisotopic (exact) mass is 637 g/mol. The van der Waals surface area contributed by atoms with E-state index in [-0.39, 0.29) is 48.6 Å². The van der Waals surface area contributed by atoms with Gasteiger partial charge in [0.15, 0.2) is 5.96 Å². The maximum absolute atomic E-state index is 13.9. The zero-order valence-corrected chi connectivity index (χ0v) is 26.8. The Morgan fingerprint density at radius 3 is 2.25 bits per heavy atom. The van der Waals surface area contributed by atoms with Crippen LogP contribution in [0, 0.1) is 0 Å². The Bertz CT molecular complexity index is 1290. The van der Waals surface area contributed by atoms with Crippen LogP contribution in [0.2, 0.25) is 0 Å². The summed E-state index contributed by atoms with van der Waals surface area (Å²) >= 11 is 0. The number of carbonyl (C=O) groups excluding carboxylic acids is 3. The van der Waals surface area contributed by atoms with Crippen LogP contribution >= 0.6 is 0 Å². The quantitative estimate of drug-likeness (QED) is 0.0986. The number of nitrogens with one attached hydrogen (secondary N) is 3. The summed E-state index contributed by atoms with van der Waals surface area (Å²) < 4.78 is 29.4. The molecule has 0 radical (unpaired) electrons. The number of carbonyl (C=O) groups is 4. The van der Waals surface area contributed by atoms with Crippen molar-refractivity contribution in [3.05, 3.63) is 29.8 Å². The fraction of sp³-hybridized carbons (Fsp3) is 0.621. The van der Waals surface area contributed by atoms with Gasteiger partial charge in [-0.25, -0.2) is 13.2 Å². The molecule has 1 aromatic rings. The Morgan fingerprint density at radius 2 is 1.68 bits per heavy atom. The number of carboxylic acid groups (broad SMARTS) is 1. The molecule has 1 heterocycles. The van der Waals surface area contributed by atoms with E-state index in [9.17, 15) is 27.6 Å². The number of likely N-dealkylation sites (tertiary alicyclic amines) is 1. The van der Waals surface area contributed by atoms with E-state index in [0.717, 1.165) is 5.56 Å². The molecule has 14 nitrogen and oxygen atoms in total. The number of piperidine rings is 1. The van der Waals surface area contributed by atoms with Crippen LogP contribution in [0.15, 0.2) is 34.2 Å². The summed E-state index contributed by atoms with van der Waals surface area (Å²) in [6, 6.07) is 3.11. The van der Waals surface area contributed by atoms with Crippen LogP contribution in [0.3, 0.4) is 0 Å². The number of hydrogen-bond donors (Lipinski definition) is 6. The van der Waals surface area contributed by atoms with Crippen molar-refractivity contribution in [1.29, 1.82) is 0 Å². The van der Waals surface area contributed by atoms with E-state index in [1.165, 1.54) is 17.0 Å². The molecule has 1 aromatic carbocycles. The van der Waals surface area contributed by atoms with E-state index in [4.69, 9.17) is 16.6 Å². The minimum Gasteiger partial charge on any atom is -0.465 e. The number of nitrogens with zero attached hydrogens (tertiary/aromatic N) is 2. The van der Waals surface area contributed by atoms with Crippen LogP contribution in [0.1, 0.15) is 84.6 Å². The molecular formula is C29H47N7O7S. The molecule has 1 aliphatic rings. The van der Waals surface area contributed by atoms with Gasteiger partial charge in [-0.3, -0.25) is 24.7 Å². The maximum atomic E-state index is 13.9. The van der Waals surface area contributed by atoms with Crippen molar-refractivity contribution < 1.29 is 32.7 Å². The minimum atomic E-state index is -4.14. The summed E-state index contributed by atoms with van der Waals surface area (Å²) in [7, 11) is -4.14. The molecule has 2 rings (SSSR count). The van der Waals surface area contributed by atoms with E-state index in [1.807, 2.05) is 27.7 Å². The third kappa shape index (κ3) is 11.1. The number of sulfonamides is 1. The van der Waals surface area contributed by atoms with Crippen molar-refractivity contribution in [2.45, 2.75) is 107 Å². The van der Waals surface area contributed by atoms with Crippen molar-refractivity contribution in [2.75, 3.05) is 13.1 Å². The smallest absolute Gasteiger partial charge is 0.411 e. The molecule has 8 N–H and O–H groups in total. The molecule has 4 amide bonds. The number of aliphatic imine (C=N–C) groups is 1. The summed E-state index contributed by atoms with van der Waals surface area (Å²) in [5.41, 5.74) is 11.6. The van der Waals surface area contributed by atoms with Crippen LogP contribution in [-0.4, -0.2) is 79.4 Å². The van der Waals surface area contributed by atoms with Gasteiger partial charge in [0.1, 0.15) is 18.1 Å². The lowest BCUT2D eigenvalue weighted by atomic mass is 9.87. The molecule has 1 fully saturated rings. The third-order valence-corrected chi connectivity index (χ3v) is 8.86. The zero-order valence-electron chi connectivity index (χ0n) is 26.0. The summed E-state index contributed by atoms with van der Waals surface area (Å²) in [5, 5.41) is 13.4. The Balaban J connectivity index is 2.33. The zero-order chi connectivity index (χ0) is 33.1. The molecule has 1 aliphatic heterocycles. The largest absolute Gasteiger partial charge is 0.465 e. The highest BCUT2D eigenvalue weighted by molar-refractivity contribution is 7.89. The fourth-order valence-corrected chi connectivity index (χ4v) is 6.16. The minimum absolute atomic E-state index is 0.0105. The van der Waals surface area contributed by atoms with Gasteiger partial charge in [-0.15, -0.1) is 0 Å². The van der Waals surface area contributed by atoms with Crippen LogP contribution in [-0.2, 0) is 29.8 Å². The lowest BCUT2D eigenvalue weighted by Gasteiger charge is -2.37. The van der Waals surface area contributed by atoms with Gasteiger partial charge < -0.3 is 26.8 Å². The van der Waals surface area contributed by atoms with Gasteiger partial charge in [-0.2, -0.15) is 4.72 Å². The first kappa shape index (κ1) is 36.5. The van der Waals surface area contributed by atoms with Crippen molar-refractivity contribution in [1.82, 2.24) is 20.3 Å². The van der Waals surface area contributed by atoms with Gasteiger partial charge in [-0.1, -0.05) is 52.7 Å². The van der Waals surface area contributed by atoms with Gasteiger partial charge in [0, 0.05) is 13.1 Å². The number of hydrogen-bond acceptors (Lipinski definition) is 7. The summed E-state index contributed by atoms with van der Waals surface area (Å²) in [6.45, 7) is 8.28. The molecule has 44 heavy (non-hydrogen) atoms. The molecule has 0 aliphatic carbocycles. The third-order valence-electron chi connectivity index (χ3n) is 7.37. The highest BCUT2D eigenvalue weighted by Crippen LogP contribution is 2.24. The van der Waals surface area contributed by atoms with Crippen molar-refractivity contribution in [3.63, 3.8) is 0 Å². The van der Waals surface area contributed by atoms with Gasteiger partial charge in [0.25, 0.3) is 5.91 Å². The first-order valence-corrected chi connectivity index (χ1v) is 16.4. The van der Waals surface area contributed by atoms with Gasteiger partial charge in [-0.05, 0) is 61.6 Å². The van der Waals surface area contributed by atoms with E-state index in [1.54, 1.807) is 17.4 Å². The Labute approximate surface area is 259 Å². The SMILES string of the molecule is CCCC[C@H](NC(=O)[C@H]1CCCCN1C(=O)[C@H](CCCN=C(N)N)NS(=O)(=O)c1ccc(C(C)(C)C)cc1)C(=O)NC(=O)O. The highest BCUT2D eigenvalue weighted by atomic mass is 32.2.